The Morgan fingerprint density at radius 1 is 0.938 bits per heavy atom. The topological polar surface area (TPSA) is 69.6 Å². The number of anilines is 1. The van der Waals surface area contributed by atoms with Crippen LogP contribution in [0.5, 0.6) is 0 Å². The van der Waals surface area contributed by atoms with Gasteiger partial charge in [-0.05, 0) is 52.1 Å². The van der Waals surface area contributed by atoms with Gasteiger partial charge < -0.3 is 18.5 Å². The number of pyridine rings is 1. The monoisotopic (exact) mass is 728 g/mol. The maximum Gasteiger partial charge on any atom is 0.261 e. The van der Waals surface area contributed by atoms with Gasteiger partial charge in [-0.2, -0.15) is 4.98 Å². The number of ether oxygens (including phenoxy) is 1. The minimum atomic E-state index is -2.86. The molecular formula is C36H47Cl2FN4O3Si2. The summed E-state index contributed by atoms with van der Waals surface area (Å²) in [4.78, 5) is 15.0. The first-order valence-electron chi connectivity index (χ1n) is 16.4. The molecule has 0 aliphatic carbocycles. The van der Waals surface area contributed by atoms with Gasteiger partial charge >= 0.3 is 0 Å². The van der Waals surface area contributed by atoms with Crippen LogP contribution in [0.3, 0.4) is 0 Å². The third-order valence-electron chi connectivity index (χ3n) is 9.68. The van der Waals surface area contributed by atoms with Crippen LogP contribution in [0.1, 0.15) is 48.5 Å². The molecule has 48 heavy (non-hydrogen) atoms. The Hall–Kier alpha value is -2.45. The zero-order valence-electron chi connectivity index (χ0n) is 29.4. The van der Waals surface area contributed by atoms with Gasteiger partial charge in [0.25, 0.3) is 8.32 Å². The summed E-state index contributed by atoms with van der Waals surface area (Å²) in [6.07, 6.45) is 1.11. The molecule has 12 heteroatoms. The van der Waals surface area contributed by atoms with E-state index >= 15 is 4.39 Å². The van der Waals surface area contributed by atoms with Gasteiger partial charge in [0, 0.05) is 19.3 Å². The van der Waals surface area contributed by atoms with Crippen molar-refractivity contribution in [3.8, 4) is 0 Å². The van der Waals surface area contributed by atoms with E-state index in [2.05, 4.69) is 130 Å². The predicted octanol–water partition coefficient (Wildman–Crippen LogP) is 8.03. The van der Waals surface area contributed by atoms with E-state index in [-0.39, 0.29) is 32.1 Å². The molecule has 0 unspecified atom stereocenters. The van der Waals surface area contributed by atoms with Crippen molar-refractivity contribution in [2.45, 2.75) is 83.3 Å². The van der Waals surface area contributed by atoms with Gasteiger partial charge in [-0.15, -0.1) is 0 Å². The summed E-state index contributed by atoms with van der Waals surface area (Å²) in [7, 11) is -5.12. The molecule has 0 bridgehead atoms. The third kappa shape index (κ3) is 7.35. The molecule has 1 aliphatic heterocycles. The number of hydrogen-bond donors (Lipinski definition) is 0. The molecule has 0 saturated carbocycles. The lowest BCUT2D eigenvalue weighted by Gasteiger charge is -2.44. The van der Waals surface area contributed by atoms with E-state index in [4.69, 9.17) is 36.8 Å². The van der Waals surface area contributed by atoms with Crippen LogP contribution in [-0.2, 0) is 13.6 Å². The molecule has 0 radical (unpaired) electrons. The largest absolute Gasteiger partial charge is 0.407 e. The number of fused-ring (bicyclic) bond motifs is 1. The Bertz CT molecular complexity index is 1700. The van der Waals surface area contributed by atoms with Gasteiger partial charge in [-0.25, -0.2) is 14.4 Å². The van der Waals surface area contributed by atoms with Gasteiger partial charge in [-0.3, -0.25) is 0 Å². The molecule has 7 nitrogen and oxygen atoms in total. The first-order chi connectivity index (χ1) is 22.4. The fourth-order valence-corrected chi connectivity index (χ4v) is 13.0. The number of halogens is 3. The fraction of sp³-hybridized carbons (Fsp3) is 0.472. The highest BCUT2D eigenvalue weighted by molar-refractivity contribution is 6.99. The standard InChI is InChI=1S/C36H47Cl2FN4O3Si2/c1-34(2,3)47(8,9)46-36(7)23-43(32-28-20-40-31(37)29(39)30(28)41-33(38)42-32)21-25(44-24-36)22-45-48(35(4,5)6,26-16-12-10-13-17-26)27-18-14-11-15-19-27/h10-20,25H,21-24H2,1-9H3/t25-,36+/m1/s1. The quantitative estimate of drug-likeness (QED) is 0.103. The summed E-state index contributed by atoms with van der Waals surface area (Å²) in [6, 6.07) is 21.1. The van der Waals surface area contributed by atoms with Gasteiger partial charge in [0.15, 0.2) is 19.3 Å². The zero-order chi connectivity index (χ0) is 35.1. The van der Waals surface area contributed by atoms with E-state index in [1.807, 2.05) is 12.1 Å². The van der Waals surface area contributed by atoms with Crippen LogP contribution in [0.2, 0.25) is 33.6 Å². The summed E-state index contributed by atoms with van der Waals surface area (Å²) in [6.45, 7) is 21.4. The summed E-state index contributed by atoms with van der Waals surface area (Å²) in [5, 5.41) is 2.18. The van der Waals surface area contributed by atoms with Crippen molar-refractivity contribution in [2.24, 2.45) is 0 Å². The van der Waals surface area contributed by atoms with E-state index in [1.54, 1.807) is 0 Å². The van der Waals surface area contributed by atoms with Crippen molar-refractivity contribution in [2.75, 3.05) is 31.2 Å². The van der Waals surface area contributed by atoms with Crippen molar-refractivity contribution < 1.29 is 18.0 Å². The van der Waals surface area contributed by atoms with Crippen LogP contribution in [0, 0.1) is 5.82 Å². The second kappa shape index (κ2) is 13.7. The van der Waals surface area contributed by atoms with E-state index in [0.717, 1.165) is 0 Å². The highest BCUT2D eigenvalue weighted by atomic mass is 35.5. The summed E-state index contributed by atoms with van der Waals surface area (Å²) in [5.41, 5.74) is -0.709. The average Bonchev–Trinajstić information content (AvgIpc) is 3.17. The lowest BCUT2D eigenvalue weighted by molar-refractivity contribution is -0.0444. The van der Waals surface area contributed by atoms with E-state index in [1.165, 1.54) is 16.6 Å². The minimum absolute atomic E-state index is 0.0160. The van der Waals surface area contributed by atoms with E-state index in [0.29, 0.717) is 37.5 Å². The molecule has 258 valence electrons. The van der Waals surface area contributed by atoms with Crippen LogP contribution in [0.4, 0.5) is 10.2 Å². The molecule has 3 heterocycles. The lowest BCUT2D eigenvalue weighted by Crippen LogP contribution is -2.67. The fourth-order valence-electron chi connectivity index (χ4n) is 6.41. The molecule has 0 amide bonds. The van der Waals surface area contributed by atoms with Gasteiger partial charge in [-0.1, -0.05) is 114 Å². The number of nitrogens with zero attached hydrogens (tertiary/aromatic N) is 4. The van der Waals surface area contributed by atoms with Crippen LogP contribution in [0.15, 0.2) is 66.9 Å². The maximum atomic E-state index is 15.3. The Kier molecular flexibility index (Phi) is 10.5. The van der Waals surface area contributed by atoms with Crippen molar-refractivity contribution in [3.05, 3.63) is 83.1 Å². The van der Waals surface area contributed by atoms with Crippen LogP contribution in [0.25, 0.3) is 10.9 Å². The lowest BCUT2D eigenvalue weighted by atomic mass is 10.1. The zero-order valence-corrected chi connectivity index (χ0v) is 32.9. The van der Waals surface area contributed by atoms with E-state index < -0.39 is 28.1 Å². The van der Waals surface area contributed by atoms with Crippen LogP contribution >= 0.6 is 23.2 Å². The van der Waals surface area contributed by atoms with Gasteiger partial charge in [0.05, 0.1) is 30.3 Å². The van der Waals surface area contributed by atoms with Gasteiger partial charge in [0.1, 0.15) is 11.3 Å². The molecule has 5 rings (SSSR count). The molecule has 2 aromatic heterocycles. The molecule has 0 spiro atoms. The minimum Gasteiger partial charge on any atom is -0.407 e. The molecule has 1 saturated heterocycles. The maximum absolute atomic E-state index is 15.3. The predicted molar refractivity (Wildman–Crippen MR) is 200 cm³/mol. The van der Waals surface area contributed by atoms with Crippen LogP contribution in [-0.4, -0.2) is 69.6 Å². The van der Waals surface area contributed by atoms with Crippen molar-refractivity contribution >= 4 is 66.9 Å². The van der Waals surface area contributed by atoms with Crippen molar-refractivity contribution in [3.63, 3.8) is 0 Å². The van der Waals surface area contributed by atoms with Crippen LogP contribution < -0.4 is 15.3 Å². The molecular weight excluding hydrogens is 682 g/mol. The molecule has 2 aromatic carbocycles. The molecule has 1 aliphatic rings. The SMILES string of the molecule is CC(C)(C)[Si](C)(C)O[C@]1(C)CO[C@@H](CO[Si](c2ccccc2)(c2ccccc2)C(C)(C)C)CN(c2nc(Cl)nc3c(F)c(Cl)ncc23)C1. The Morgan fingerprint density at radius 3 is 2.06 bits per heavy atom. The highest BCUT2D eigenvalue weighted by Crippen LogP contribution is 2.41. The molecule has 1 fully saturated rings. The highest BCUT2D eigenvalue weighted by Gasteiger charge is 2.51. The summed E-state index contributed by atoms with van der Waals surface area (Å²) < 4.78 is 36.4. The Balaban J connectivity index is 1.59. The van der Waals surface area contributed by atoms with Gasteiger partial charge in [0.2, 0.25) is 5.28 Å². The number of hydrogen-bond acceptors (Lipinski definition) is 7. The number of benzene rings is 2. The van der Waals surface area contributed by atoms with Crippen molar-refractivity contribution in [1.82, 2.24) is 15.0 Å². The number of rotatable bonds is 8. The van der Waals surface area contributed by atoms with E-state index in [9.17, 15) is 0 Å². The Morgan fingerprint density at radius 2 is 1.52 bits per heavy atom. The van der Waals surface area contributed by atoms with Crippen molar-refractivity contribution in [1.29, 1.82) is 0 Å². The first kappa shape index (κ1) is 36.8. The molecule has 4 aromatic rings. The second-order valence-corrected chi connectivity index (χ2v) is 25.3. The smallest absolute Gasteiger partial charge is 0.261 e. The first-order valence-corrected chi connectivity index (χ1v) is 21.9. The number of aromatic nitrogens is 3. The normalized spacial score (nSPS) is 19.8. The molecule has 0 N–H and O–H groups in total. The second-order valence-electron chi connectivity index (χ2n) is 15.5. The third-order valence-corrected chi connectivity index (χ3v) is 19.7. The molecule has 2 atom stereocenters. The summed E-state index contributed by atoms with van der Waals surface area (Å²) in [5.74, 6) is -0.295. The Labute approximate surface area is 296 Å². The summed E-state index contributed by atoms with van der Waals surface area (Å²) >= 11 is 12.5. The average molecular weight is 730 g/mol.